The molecule has 1 rings (SSSR count). The molecule has 5 heteroatoms. The Morgan fingerprint density at radius 1 is 1.38 bits per heavy atom. The van der Waals surface area contributed by atoms with Gasteiger partial charge in [0.25, 0.3) is 0 Å². The molecule has 1 aromatic rings. The van der Waals surface area contributed by atoms with Crippen molar-refractivity contribution in [3.63, 3.8) is 0 Å². The lowest BCUT2D eigenvalue weighted by atomic mass is 10.1. The summed E-state index contributed by atoms with van der Waals surface area (Å²) in [4.78, 5) is 11.4. The smallest absolute Gasteiger partial charge is 0.176 e. The minimum atomic E-state index is -0.763. The van der Waals surface area contributed by atoms with Crippen LogP contribution in [0.5, 0.6) is 0 Å². The van der Waals surface area contributed by atoms with Gasteiger partial charge in [-0.05, 0) is 19.2 Å². The first-order chi connectivity index (χ1) is 7.60. The van der Waals surface area contributed by atoms with E-state index in [1.807, 2.05) is 0 Å². The fourth-order valence-electron chi connectivity index (χ4n) is 1.31. The van der Waals surface area contributed by atoms with Crippen LogP contribution in [0.1, 0.15) is 15.9 Å². The third-order valence-electron chi connectivity index (χ3n) is 2.09. The second-order valence-electron chi connectivity index (χ2n) is 3.30. The molecule has 0 saturated heterocycles. The maximum Gasteiger partial charge on any atom is 0.176 e. The summed E-state index contributed by atoms with van der Waals surface area (Å²) in [6, 6.07) is 2.05. The van der Waals surface area contributed by atoms with Gasteiger partial charge < -0.3 is 10.1 Å². The van der Waals surface area contributed by atoms with Gasteiger partial charge in [0.05, 0.1) is 13.2 Å². The standard InChI is InChI=1S/C11H13F2NO2/c1-14-5-11(15)7-3-9(12)8(6-16-2)10(13)4-7/h3-4,14H,5-6H2,1-2H3. The highest BCUT2D eigenvalue weighted by molar-refractivity contribution is 5.97. The maximum absolute atomic E-state index is 13.4. The van der Waals surface area contributed by atoms with Crippen LogP contribution in [0.4, 0.5) is 8.78 Å². The van der Waals surface area contributed by atoms with E-state index >= 15 is 0 Å². The van der Waals surface area contributed by atoms with E-state index in [0.29, 0.717) is 0 Å². The third kappa shape index (κ3) is 2.84. The van der Waals surface area contributed by atoms with Crippen molar-refractivity contribution in [1.82, 2.24) is 5.32 Å². The lowest BCUT2D eigenvalue weighted by Crippen LogP contribution is -2.19. The van der Waals surface area contributed by atoms with E-state index in [0.717, 1.165) is 12.1 Å². The zero-order valence-electron chi connectivity index (χ0n) is 9.14. The Morgan fingerprint density at radius 2 is 1.94 bits per heavy atom. The van der Waals surface area contributed by atoms with Crippen LogP contribution >= 0.6 is 0 Å². The van der Waals surface area contributed by atoms with Crippen molar-refractivity contribution in [2.45, 2.75) is 6.61 Å². The van der Waals surface area contributed by atoms with Crippen LogP contribution in [0.25, 0.3) is 0 Å². The lowest BCUT2D eigenvalue weighted by Gasteiger charge is -2.06. The second-order valence-corrected chi connectivity index (χ2v) is 3.30. The molecule has 1 aromatic carbocycles. The first kappa shape index (κ1) is 12.7. The van der Waals surface area contributed by atoms with Crippen LogP contribution in [-0.4, -0.2) is 26.5 Å². The molecule has 1 N–H and O–H groups in total. The predicted octanol–water partition coefficient (Wildman–Crippen LogP) is 1.51. The molecule has 0 heterocycles. The van der Waals surface area contributed by atoms with Gasteiger partial charge in [0.15, 0.2) is 5.78 Å². The van der Waals surface area contributed by atoms with Gasteiger partial charge in [-0.1, -0.05) is 0 Å². The SMILES string of the molecule is CNCC(=O)c1cc(F)c(COC)c(F)c1. The van der Waals surface area contributed by atoms with E-state index in [4.69, 9.17) is 0 Å². The van der Waals surface area contributed by atoms with E-state index in [1.165, 1.54) is 7.11 Å². The summed E-state index contributed by atoms with van der Waals surface area (Å²) in [6.45, 7) is -0.110. The molecular formula is C11H13F2NO2. The molecule has 0 saturated carbocycles. The fourth-order valence-corrected chi connectivity index (χ4v) is 1.31. The Balaban J connectivity index is 3.04. The molecule has 0 atom stereocenters. The van der Waals surface area contributed by atoms with E-state index in [9.17, 15) is 13.6 Å². The highest BCUT2D eigenvalue weighted by atomic mass is 19.1. The molecular weight excluding hydrogens is 216 g/mol. The topological polar surface area (TPSA) is 38.3 Å². The summed E-state index contributed by atoms with van der Waals surface area (Å²) >= 11 is 0. The summed E-state index contributed by atoms with van der Waals surface area (Å²) < 4.78 is 31.5. The normalized spacial score (nSPS) is 10.5. The van der Waals surface area contributed by atoms with Crippen molar-refractivity contribution in [2.75, 3.05) is 20.7 Å². The number of halogens is 2. The Morgan fingerprint density at radius 3 is 2.38 bits per heavy atom. The number of nitrogens with one attached hydrogen (secondary N) is 1. The Bertz CT molecular complexity index is 371. The van der Waals surface area contributed by atoms with Gasteiger partial charge in [-0.15, -0.1) is 0 Å². The first-order valence-electron chi connectivity index (χ1n) is 4.74. The fraction of sp³-hybridized carbons (Fsp3) is 0.364. The van der Waals surface area contributed by atoms with Gasteiger partial charge in [-0.25, -0.2) is 8.78 Å². The number of carbonyl (C=O) groups is 1. The second kappa shape index (κ2) is 5.67. The largest absolute Gasteiger partial charge is 0.380 e. The van der Waals surface area contributed by atoms with E-state index < -0.39 is 11.6 Å². The summed E-state index contributed by atoms with van der Waals surface area (Å²) in [5.41, 5.74) is -0.146. The minimum Gasteiger partial charge on any atom is -0.380 e. The van der Waals surface area contributed by atoms with Crippen LogP contribution in [0.3, 0.4) is 0 Å². The van der Waals surface area contributed by atoms with Crippen molar-refractivity contribution < 1.29 is 18.3 Å². The number of benzene rings is 1. The zero-order chi connectivity index (χ0) is 12.1. The molecule has 16 heavy (non-hydrogen) atoms. The van der Waals surface area contributed by atoms with Crippen molar-refractivity contribution in [3.8, 4) is 0 Å². The molecule has 3 nitrogen and oxygen atoms in total. The maximum atomic E-state index is 13.4. The van der Waals surface area contributed by atoms with Crippen LogP contribution in [0.2, 0.25) is 0 Å². The summed E-state index contributed by atoms with van der Waals surface area (Å²) in [5, 5.41) is 2.63. The lowest BCUT2D eigenvalue weighted by molar-refractivity contribution is 0.0992. The number of likely N-dealkylation sites (N-methyl/N-ethyl adjacent to an activating group) is 1. The molecule has 0 amide bonds. The average Bonchev–Trinajstić information content (AvgIpc) is 2.23. The molecule has 0 spiro atoms. The van der Waals surface area contributed by atoms with Crippen LogP contribution < -0.4 is 5.32 Å². The van der Waals surface area contributed by atoms with Gasteiger partial charge >= 0.3 is 0 Å². The number of ether oxygens (including phenoxy) is 1. The van der Waals surface area contributed by atoms with Crippen molar-refractivity contribution in [3.05, 3.63) is 34.9 Å². The molecule has 0 aliphatic rings. The number of rotatable bonds is 5. The van der Waals surface area contributed by atoms with Gasteiger partial charge in [-0.3, -0.25) is 4.79 Å². The van der Waals surface area contributed by atoms with Gasteiger partial charge in [0, 0.05) is 18.2 Å². The third-order valence-corrected chi connectivity index (χ3v) is 2.09. The highest BCUT2D eigenvalue weighted by Crippen LogP contribution is 2.16. The summed E-state index contributed by atoms with van der Waals surface area (Å²) in [6.07, 6.45) is 0. The Labute approximate surface area is 92.4 Å². The molecule has 0 radical (unpaired) electrons. The van der Waals surface area contributed by atoms with E-state index in [2.05, 4.69) is 10.1 Å². The highest BCUT2D eigenvalue weighted by Gasteiger charge is 2.14. The number of hydrogen-bond acceptors (Lipinski definition) is 3. The molecule has 88 valence electrons. The number of hydrogen-bond donors (Lipinski definition) is 1. The van der Waals surface area contributed by atoms with Crippen molar-refractivity contribution in [1.29, 1.82) is 0 Å². The summed E-state index contributed by atoms with van der Waals surface area (Å²) in [7, 11) is 2.93. The van der Waals surface area contributed by atoms with Crippen LogP contribution in [-0.2, 0) is 11.3 Å². The molecule has 0 fully saturated rings. The molecule has 0 aliphatic carbocycles. The summed E-state index contributed by atoms with van der Waals surface area (Å²) in [5.74, 6) is -1.88. The quantitative estimate of drug-likeness (QED) is 0.778. The number of Topliss-reactive ketones (excluding diaryl/α,β-unsaturated/α-hetero) is 1. The van der Waals surface area contributed by atoms with Gasteiger partial charge in [0.1, 0.15) is 11.6 Å². The minimum absolute atomic E-state index is 0.0178. The molecule has 0 unspecified atom stereocenters. The molecule has 0 aliphatic heterocycles. The van der Waals surface area contributed by atoms with Crippen LogP contribution in [0, 0.1) is 11.6 Å². The monoisotopic (exact) mass is 229 g/mol. The molecule has 0 aromatic heterocycles. The van der Waals surface area contributed by atoms with Gasteiger partial charge in [-0.2, -0.15) is 0 Å². The zero-order valence-corrected chi connectivity index (χ0v) is 9.14. The molecule has 0 bridgehead atoms. The number of ketones is 1. The predicted molar refractivity (Wildman–Crippen MR) is 55.3 cm³/mol. The van der Waals surface area contributed by atoms with E-state index in [-0.39, 0.29) is 30.1 Å². The van der Waals surface area contributed by atoms with E-state index in [1.54, 1.807) is 7.05 Å². The van der Waals surface area contributed by atoms with Gasteiger partial charge in [0.2, 0.25) is 0 Å². The average molecular weight is 229 g/mol. The number of carbonyl (C=O) groups excluding carboxylic acids is 1. The Hall–Kier alpha value is -1.33. The Kier molecular flexibility index (Phi) is 4.52. The number of methoxy groups -OCH3 is 1. The van der Waals surface area contributed by atoms with Crippen LogP contribution in [0.15, 0.2) is 12.1 Å². The van der Waals surface area contributed by atoms with Crippen molar-refractivity contribution in [2.24, 2.45) is 0 Å². The first-order valence-corrected chi connectivity index (χ1v) is 4.74. The van der Waals surface area contributed by atoms with Crippen molar-refractivity contribution >= 4 is 5.78 Å².